The summed E-state index contributed by atoms with van der Waals surface area (Å²) in [7, 11) is 2.03. The standard InChI is InChI=1S/C26H29FN4O2/c1-14(2)23(26(32)33)29-17-7-4-15(5-8-17)24-20-13-31(3)21-9-6-16(27)12-19(21)18-10-11-28-25(30-24)22(18)20/h4,6,9-12,14,17,23,29H,5,7-8,13H2,1-3H3,(H,28,30)(H,32,33)/t17?,23-/m0/s1. The molecule has 6 nitrogen and oxygen atoms in total. The zero-order valence-electron chi connectivity index (χ0n) is 19.2. The molecule has 1 aliphatic carbocycles. The van der Waals surface area contributed by atoms with Crippen LogP contribution in [0.1, 0.15) is 44.4 Å². The Morgan fingerprint density at radius 1 is 1.30 bits per heavy atom. The van der Waals surface area contributed by atoms with Crippen molar-refractivity contribution in [2.45, 2.75) is 51.7 Å². The highest BCUT2D eigenvalue weighted by atomic mass is 19.1. The highest BCUT2D eigenvalue weighted by molar-refractivity contribution is 6.02. The van der Waals surface area contributed by atoms with E-state index in [9.17, 15) is 14.3 Å². The number of carboxylic acids is 1. The van der Waals surface area contributed by atoms with Gasteiger partial charge in [-0.15, -0.1) is 0 Å². The highest BCUT2D eigenvalue weighted by Crippen LogP contribution is 2.43. The number of anilines is 1. The molecule has 5 rings (SSSR count). The molecule has 2 atom stereocenters. The van der Waals surface area contributed by atoms with Gasteiger partial charge in [0.15, 0.2) is 0 Å². The van der Waals surface area contributed by atoms with Gasteiger partial charge in [0, 0.05) is 53.7 Å². The van der Waals surface area contributed by atoms with Crippen molar-refractivity contribution < 1.29 is 14.3 Å². The Labute approximate surface area is 192 Å². The van der Waals surface area contributed by atoms with Crippen molar-refractivity contribution in [3.8, 4) is 11.1 Å². The number of rotatable bonds is 5. The molecule has 2 aromatic heterocycles. The maximum atomic E-state index is 14.1. The van der Waals surface area contributed by atoms with Crippen LogP contribution in [0.25, 0.3) is 27.7 Å². The second kappa shape index (κ2) is 8.30. The molecule has 3 heterocycles. The van der Waals surface area contributed by atoms with E-state index in [4.69, 9.17) is 0 Å². The Morgan fingerprint density at radius 2 is 2.12 bits per heavy atom. The molecule has 0 saturated carbocycles. The van der Waals surface area contributed by atoms with Crippen LogP contribution in [0, 0.1) is 11.7 Å². The van der Waals surface area contributed by atoms with Crippen molar-refractivity contribution in [1.29, 1.82) is 0 Å². The van der Waals surface area contributed by atoms with Gasteiger partial charge in [-0.05, 0) is 60.6 Å². The molecule has 0 radical (unpaired) electrons. The van der Waals surface area contributed by atoms with Gasteiger partial charge in [0.1, 0.15) is 17.5 Å². The van der Waals surface area contributed by atoms with Crippen molar-refractivity contribution in [3.63, 3.8) is 0 Å². The second-order valence-electron chi connectivity index (χ2n) is 9.51. The van der Waals surface area contributed by atoms with E-state index < -0.39 is 12.0 Å². The van der Waals surface area contributed by atoms with Gasteiger partial charge < -0.3 is 20.3 Å². The zero-order valence-corrected chi connectivity index (χ0v) is 19.2. The third-order valence-electron chi connectivity index (χ3n) is 6.93. The summed E-state index contributed by atoms with van der Waals surface area (Å²) >= 11 is 0. The largest absolute Gasteiger partial charge is 0.480 e. The first-order valence-corrected chi connectivity index (χ1v) is 11.5. The quantitative estimate of drug-likeness (QED) is 0.514. The van der Waals surface area contributed by atoms with Gasteiger partial charge in [-0.2, -0.15) is 0 Å². The molecule has 172 valence electrons. The molecular weight excluding hydrogens is 419 g/mol. The molecule has 33 heavy (non-hydrogen) atoms. The highest BCUT2D eigenvalue weighted by Gasteiger charge is 2.29. The summed E-state index contributed by atoms with van der Waals surface area (Å²) in [6, 6.07) is 6.52. The summed E-state index contributed by atoms with van der Waals surface area (Å²) in [6.45, 7) is 4.55. The molecule has 0 fully saturated rings. The van der Waals surface area contributed by atoms with E-state index in [-0.39, 0.29) is 17.8 Å². The number of benzene rings is 1. The normalized spacial score (nSPS) is 18.8. The van der Waals surface area contributed by atoms with Gasteiger partial charge in [-0.1, -0.05) is 19.9 Å². The summed E-state index contributed by atoms with van der Waals surface area (Å²) in [5, 5.41) is 13.9. The Hall–Kier alpha value is -3.19. The molecular formula is C26H29FN4O2. The number of nitrogens with one attached hydrogen (secondary N) is 2. The molecule has 0 spiro atoms. The molecule has 0 bridgehead atoms. The molecule has 1 unspecified atom stereocenters. The first-order valence-electron chi connectivity index (χ1n) is 11.5. The van der Waals surface area contributed by atoms with E-state index in [1.807, 2.05) is 33.0 Å². The van der Waals surface area contributed by atoms with Crippen LogP contribution in [0.15, 0.2) is 36.5 Å². The molecule has 0 amide bonds. The van der Waals surface area contributed by atoms with Gasteiger partial charge in [0.25, 0.3) is 0 Å². The number of nitrogens with zero attached hydrogens (tertiary/aromatic N) is 2. The Kier molecular flexibility index (Phi) is 5.44. The number of aliphatic carboxylic acids is 1. The maximum absolute atomic E-state index is 14.1. The smallest absolute Gasteiger partial charge is 0.320 e. The number of hydrogen-bond acceptors (Lipinski definition) is 4. The van der Waals surface area contributed by atoms with Gasteiger partial charge in [0.05, 0.1) is 0 Å². The fraction of sp³-hybridized carbons (Fsp3) is 0.385. The molecule has 0 saturated heterocycles. The molecule has 2 aliphatic rings. The predicted octanol–water partition coefficient (Wildman–Crippen LogP) is 4.95. The number of carbonyl (C=O) groups is 1. The first-order chi connectivity index (χ1) is 15.8. The third kappa shape index (κ3) is 3.80. The van der Waals surface area contributed by atoms with E-state index in [0.717, 1.165) is 52.8 Å². The molecule has 3 N–H and O–H groups in total. The molecule has 1 aliphatic heterocycles. The number of hydrogen-bond donors (Lipinski definition) is 3. The van der Waals surface area contributed by atoms with Gasteiger partial charge in [0.2, 0.25) is 0 Å². The minimum absolute atomic E-state index is 0.0290. The lowest BCUT2D eigenvalue weighted by molar-refractivity contribution is -0.140. The summed E-state index contributed by atoms with van der Waals surface area (Å²) in [5.41, 5.74) is 7.18. The summed E-state index contributed by atoms with van der Waals surface area (Å²) < 4.78 is 14.1. The summed E-state index contributed by atoms with van der Waals surface area (Å²) in [5.74, 6) is -1.02. The molecule has 3 aromatic rings. The summed E-state index contributed by atoms with van der Waals surface area (Å²) in [6.07, 6.45) is 6.50. The topological polar surface area (TPSA) is 81.2 Å². The monoisotopic (exact) mass is 448 g/mol. The van der Waals surface area contributed by atoms with E-state index >= 15 is 0 Å². The lowest BCUT2D eigenvalue weighted by atomic mass is 9.90. The number of aromatic amines is 1. The van der Waals surface area contributed by atoms with Gasteiger partial charge >= 0.3 is 5.97 Å². The second-order valence-corrected chi connectivity index (χ2v) is 9.51. The minimum atomic E-state index is -0.797. The van der Waals surface area contributed by atoms with E-state index in [0.29, 0.717) is 6.54 Å². The Balaban J connectivity index is 1.51. The number of aromatic nitrogens is 2. The predicted molar refractivity (Wildman–Crippen MR) is 129 cm³/mol. The fourth-order valence-corrected chi connectivity index (χ4v) is 5.23. The van der Waals surface area contributed by atoms with Crippen LogP contribution in [0.3, 0.4) is 0 Å². The Morgan fingerprint density at radius 3 is 2.82 bits per heavy atom. The van der Waals surface area contributed by atoms with E-state index in [2.05, 4.69) is 26.3 Å². The number of H-pyrrole nitrogens is 1. The molecule has 7 heteroatoms. The number of carboxylic acid groups (broad SMARTS) is 1. The lowest BCUT2D eigenvalue weighted by Gasteiger charge is -2.28. The average Bonchev–Trinajstić information content (AvgIpc) is 3.09. The molecule has 1 aromatic carbocycles. The number of fused-ring (bicyclic) bond motifs is 2. The van der Waals surface area contributed by atoms with Crippen LogP contribution in [0.5, 0.6) is 0 Å². The van der Waals surface area contributed by atoms with Crippen molar-refractivity contribution in [2.75, 3.05) is 11.9 Å². The first kappa shape index (κ1) is 21.6. The Bertz CT molecular complexity index is 1260. The van der Waals surface area contributed by atoms with Gasteiger partial charge in [-0.3, -0.25) is 4.79 Å². The van der Waals surface area contributed by atoms with Crippen LogP contribution in [-0.4, -0.2) is 40.2 Å². The lowest BCUT2D eigenvalue weighted by Crippen LogP contribution is -2.46. The number of halogens is 1. The van der Waals surface area contributed by atoms with Crippen molar-refractivity contribution in [1.82, 2.24) is 15.3 Å². The van der Waals surface area contributed by atoms with Crippen LogP contribution < -0.4 is 10.2 Å². The van der Waals surface area contributed by atoms with Crippen molar-refractivity contribution >= 4 is 28.3 Å². The van der Waals surface area contributed by atoms with Crippen molar-refractivity contribution in [2.24, 2.45) is 5.92 Å². The van der Waals surface area contributed by atoms with E-state index in [1.54, 1.807) is 12.3 Å². The van der Waals surface area contributed by atoms with Crippen LogP contribution in [0.2, 0.25) is 0 Å². The maximum Gasteiger partial charge on any atom is 0.320 e. The SMILES string of the molecule is CC(C)[C@H](NC1CC=C(c2[nH]c3nccc4c3c2CN(C)c2ccc(F)cc2-4)CC1)C(=O)O. The number of allylic oxidation sites excluding steroid dienone is 1. The van der Waals surface area contributed by atoms with Crippen LogP contribution in [-0.2, 0) is 11.3 Å². The van der Waals surface area contributed by atoms with Crippen LogP contribution in [0.4, 0.5) is 10.1 Å². The zero-order chi connectivity index (χ0) is 23.3. The number of pyridine rings is 1. The minimum Gasteiger partial charge on any atom is -0.480 e. The van der Waals surface area contributed by atoms with E-state index in [1.165, 1.54) is 17.2 Å². The van der Waals surface area contributed by atoms with Crippen molar-refractivity contribution in [3.05, 3.63) is 53.6 Å². The van der Waals surface area contributed by atoms with Gasteiger partial charge in [-0.25, -0.2) is 9.37 Å². The average molecular weight is 449 g/mol. The fourth-order valence-electron chi connectivity index (χ4n) is 5.23. The third-order valence-corrected chi connectivity index (χ3v) is 6.93. The van der Waals surface area contributed by atoms with Crippen LogP contribution >= 0.6 is 0 Å². The summed E-state index contributed by atoms with van der Waals surface area (Å²) in [4.78, 5) is 21.9.